The highest BCUT2D eigenvalue weighted by atomic mass is 28.4. The topological polar surface area (TPSA) is 0 Å². The summed E-state index contributed by atoms with van der Waals surface area (Å²) in [6.07, 6.45) is 0. The number of allylic oxidation sites excluding steroid dienone is 2. The number of hydrogen-bond donors (Lipinski definition) is 0. The Hall–Kier alpha value is -0.0987. The second-order valence-corrected chi connectivity index (χ2v) is 43.2. The third-order valence-corrected chi connectivity index (χ3v) is 26.4. The molecule has 168 valence electrons. The molecule has 0 nitrogen and oxygen atoms in total. The van der Waals surface area contributed by atoms with Gasteiger partial charge in [-0.2, -0.15) is 0 Å². The molecule has 0 aliphatic carbocycles. The standard InChI is InChI=1S/C24H48Si6/c1-25(2,3)19-17-21-23(27(7,8)9)30(15,16)24(28(10,11)12)22(29(21,13)14)18-20-26(4,5)6/h1-16H3. The molecule has 0 bridgehead atoms. The van der Waals surface area contributed by atoms with Gasteiger partial charge in [-0.15, -0.1) is 11.1 Å². The van der Waals surface area contributed by atoms with Crippen LogP contribution in [0.4, 0.5) is 0 Å². The molecule has 0 aromatic heterocycles. The summed E-state index contributed by atoms with van der Waals surface area (Å²) in [6, 6.07) is 0. The van der Waals surface area contributed by atoms with Crippen LogP contribution in [-0.2, 0) is 0 Å². The molecule has 1 rings (SSSR count). The Morgan fingerprint density at radius 1 is 0.467 bits per heavy atom. The van der Waals surface area contributed by atoms with E-state index in [-0.39, 0.29) is 0 Å². The maximum Gasteiger partial charge on any atom is 0.131 e. The molecule has 0 spiro atoms. The van der Waals surface area contributed by atoms with Gasteiger partial charge < -0.3 is 0 Å². The quantitative estimate of drug-likeness (QED) is 0.267. The fourth-order valence-electron chi connectivity index (χ4n) is 5.06. The van der Waals surface area contributed by atoms with Gasteiger partial charge in [0.15, 0.2) is 0 Å². The molecule has 0 unspecified atom stereocenters. The Morgan fingerprint density at radius 2 is 0.733 bits per heavy atom. The zero-order chi connectivity index (χ0) is 24.1. The molecule has 0 radical (unpaired) electrons. The van der Waals surface area contributed by atoms with Crippen LogP contribution in [0.1, 0.15) is 0 Å². The van der Waals surface area contributed by atoms with Crippen molar-refractivity contribution in [3.05, 3.63) is 20.0 Å². The molecule has 0 saturated heterocycles. The van der Waals surface area contributed by atoms with Crippen molar-refractivity contribution in [2.24, 2.45) is 0 Å². The van der Waals surface area contributed by atoms with Crippen LogP contribution in [-0.4, -0.2) is 48.4 Å². The van der Waals surface area contributed by atoms with Gasteiger partial charge in [0, 0.05) is 0 Å². The largest absolute Gasteiger partial charge is 0.131 e. The number of rotatable bonds is 2. The van der Waals surface area contributed by atoms with E-state index in [0.717, 1.165) is 0 Å². The second-order valence-electron chi connectivity index (χ2n) is 14.2. The highest BCUT2D eigenvalue weighted by molar-refractivity contribution is 7.20. The van der Waals surface area contributed by atoms with Gasteiger partial charge in [0.1, 0.15) is 24.2 Å². The van der Waals surface area contributed by atoms with Crippen molar-refractivity contribution in [1.82, 2.24) is 0 Å². The minimum atomic E-state index is -1.92. The molecule has 1 heterocycles. The van der Waals surface area contributed by atoms with E-state index in [4.69, 9.17) is 0 Å². The van der Waals surface area contributed by atoms with Crippen molar-refractivity contribution in [1.29, 1.82) is 0 Å². The first kappa shape index (κ1) is 27.9. The van der Waals surface area contributed by atoms with Gasteiger partial charge in [-0.1, -0.05) is 126 Å². The lowest BCUT2D eigenvalue weighted by atomic mass is 10.6. The molecule has 1 aliphatic heterocycles. The third kappa shape index (κ3) is 6.46. The Bertz CT molecular complexity index is 809. The van der Waals surface area contributed by atoms with Crippen LogP contribution >= 0.6 is 0 Å². The van der Waals surface area contributed by atoms with Gasteiger partial charge in [0.2, 0.25) is 0 Å². The van der Waals surface area contributed by atoms with Crippen molar-refractivity contribution < 1.29 is 0 Å². The van der Waals surface area contributed by atoms with E-state index in [0.29, 0.717) is 0 Å². The van der Waals surface area contributed by atoms with Gasteiger partial charge in [-0.05, 0) is 10.4 Å². The zero-order valence-corrected chi connectivity index (χ0v) is 29.0. The van der Waals surface area contributed by atoms with Crippen molar-refractivity contribution in [3.63, 3.8) is 0 Å². The second kappa shape index (κ2) is 8.35. The first-order chi connectivity index (χ1) is 12.9. The fraction of sp³-hybridized carbons (Fsp3) is 0.667. The van der Waals surface area contributed by atoms with Crippen LogP contribution in [0.5, 0.6) is 0 Å². The lowest BCUT2D eigenvalue weighted by molar-refractivity contribution is 1.51. The maximum absolute atomic E-state index is 3.91. The Kier molecular flexibility index (Phi) is 7.78. The highest BCUT2D eigenvalue weighted by Gasteiger charge is 2.52. The van der Waals surface area contributed by atoms with Gasteiger partial charge in [-0.25, -0.2) is 0 Å². The molecule has 0 saturated carbocycles. The van der Waals surface area contributed by atoms with Crippen LogP contribution in [0.15, 0.2) is 20.0 Å². The minimum absolute atomic E-state index is 1.44. The smallest absolute Gasteiger partial charge is 0.127 e. The van der Waals surface area contributed by atoms with E-state index in [1.54, 1.807) is 10.4 Å². The summed E-state index contributed by atoms with van der Waals surface area (Å²) >= 11 is 0. The van der Waals surface area contributed by atoms with E-state index in [2.05, 4.69) is 128 Å². The molecule has 0 amide bonds. The van der Waals surface area contributed by atoms with Gasteiger partial charge >= 0.3 is 0 Å². The summed E-state index contributed by atoms with van der Waals surface area (Å²) in [5, 5.41) is 3.20. The van der Waals surface area contributed by atoms with E-state index < -0.39 is 48.4 Å². The summed E-state index contributed by atoms with van der Waals surface area (Å²) in [5.74, 6) is 7.82. The molecule has 1 aliphatic rings. The molecule has 30 heavy (non-hydrogen) atoms. The van der Waals surface area contributed by atoms with Crippen molar-refractivity contribution in [3.8, 4) is 22.9 Å². The third-order valence-electron chi connectivity index (χ3n) is 5.62. The van der Waals surface area contributed by atoms with Crippen molar-refractivity contribution in [2.75, 3.05) is 0 Å². The minimum Gasteiger partial charge on any atom is -0.127 e. The lowest BCUT2D eigenvalue weighted by Gasteiger charge is -2.50. The predicted molar refractivity (Wildman–Crippen MR) is 158 cm³/mol. The molecule has 0 N–H and O–H groups in total. The van der Waals surface area contributed by atoms with Gasteiger partial charge in [-0.3, -0.25) is 0 Å². The monoisotopic (exact) mass is 504 g/mol. The average molecular weight is 505 g/mol. The van der Waals surface area contributed by atoms with Crippen LogP contribution in [0, 0.1) is 22.9 Å². The average Bonchev–Trinajstić information content (AvgIpc) is 2.40. The van der Waals surface area contributed by atoms with E-state index in [9.17, 15) is 0 Å². The molecular formula is C24H48Si6. The number of hydrogen-bond acceptors (Lipinski definition) is 0. The summed E-state index contributed by atoms with van der Waals surface area (Å²) < 4.78 is 0. The highest BCUT2D eigenvalue weighted by Crippen LogP contribution is 2.47. The summed E-state index contributed by atoms with van der Waals surface area (Å²) in [4.78, 5) is 3.74. The maximum atomic E-state index is 3.91. The van der Waals surface area contributed by atoms with E-state index >= 15 is 0 Å². The molecular weight excluding hydrogens is 457 g/mol. The fourth-order valence-corrected chi connectivity index (χ4v) is 35.8. The molecule has 6 heteroatoms. The Balaban J connectivity index is 4.22. The van der Waals surface area contributed by atoms with Gasteiger partial charge in [0.25, 0.3) is 0 Å². The van der Waals surface area contributed by atoms with Crippen LogP contribution in [0.2, 0.25) is 105 Å². The van der Waals surface area contributed by atoms with Gasteiger partial charge in [0.05, 0.1) is 24.2 Å². The molecule has 0 fully saturated rings. The summed E-state index contributed by atoms with van der Waals surface area (Å²) in [7, 11) is -9.61. The van der Waals surface area contributed by atoms with Crippen molar-refractivity contribution in [2.45, 2.75) is 105 Å². The first-order valence-electron chi connectivity index (χ1n) is 11.5. The predicted octanol–water partition coefficient (Wildman–Crippen LogP) is 7.68. The van der Waals surface area contributed by atoms with Crippen LogP contribution in [0.3, 0.4) is 0 Å². The van der Waals surface area contributed by atoms with Crippen molar-refractivity contribution >= 4 is 48.4 Å². The summed E-state index contributed by atoms with van der Waals surface area (Å²) in [5.41, 5.74) is 7.59. The zero-order valence-electron chi connectivity index (χ0n) is 23.0. The molecule has 0 aromatic rings. The SMILES string of the molecule is C[Si](C)(C)C#CC1=C([Si](C)(C)C)[Si](C)(C)C([Si](C)(C)C)=C(C#C[Si](C)(C)C)[Si]1(C)C. The van der Waals surface area contributed by atoms with Crippen LogP contribution < -0.4 is 0 Å². The van der Waals surface area contributed by atoms with Crippen LogP contribution in [0.25, 0.3) is 0 Å². The van der Waals surface area contributed by atoms with E-state index in [1.807, 2.05) is 9.64 Å². The first-order valence-corrected chi connectivity index (χ1v) is 31.5. The Morgan fingerprint density at radius 3 is 0.933 bits per heavy atom. The molecule has 0 atom stereocenters. The normalized spacial score (nSPS) is 19.7. The molecule has 0 aromatic carbocycles. The lowest BCUT2D eigenvalue weighted by Crippen LogP contribution is -2.58. The summed E-state index contributed by atoms with van der Waals surface area (Å²) in [6.45, 7) is 40.1. The van der Waals surface area contributed by atoms with E-state index in [1.165, 1.54) is 0 Å². The Labute approximate surface area is 195 Å².